The summed E-state index contributed by atoms with van der Waals surface area (Å²) < 4.78 is 13.6. The molecule has 5 aliphatic rings. The van der Waals surface area contributed by atoms with E-state index in [0.717, 1.165) is 55.5 Å². The van der Waals surface area contributed by atoms with Crippen LogP contribution >= 0.6 is 11.8 Å². The Balaban J connectivity index is 1.16. The Labute approximate surface area is 336 Å². The smallest absolute Gasteiger partial charge is 0.333 e. The van der Waals surface area contributed by atoms with Crippen molar-refractivity contribution in [3.63, 3.8) is 0 Å². The molecule has 0 spiro atoms. The van der Waals surface area contributed by atoms with E-state index in [-0.39, 0.29) is 12.3 Å². The zero-order valence-electron chi connectivity index (χ0n) is 31.3. The van der Waals surface area contributed by atoms with Crippen molar-refractivity contribution in [2.45, 2.75) is 29.1 Å². The average molecular weight is 749 g/mol. The summed E-state index contributed by atoms with van der Waals surface area (Å²) in [5.41, 5.74) is 18.1. The highest BCUT2D eigenvalue weighted by Gasteiger charge is 2.52. The molecule has 4 heterocycles. The number of ether oxygens (including phenoxy) is 2. The van der Waals surface area contributed by atoms with E-state index in [1.165, 1.54) is 61.1 Å². The van der Waals surface area contributed by atoms with Crippen LogP contribution in [0.25, 0.3) is 33.4 Å². The van der Waals surface area contributed by atoms with Gasteiger partial charge in [0.1, 0.15) is 11.5 Å². The standard InChI is InChI=1S/C51H33BN2O2S/c1-51(2)37-16-7-6-15-33(37)35-27-36-34-28-44-46(57-45-22-11-10-20-42(45)56-44)29-40(34)54(32-25-23-31(24-26-32)30-13-4-3-5-14-30)52-38-17-12-21-43-49(38)53(50(47(35)51)48(36)52)39-18-8-9-19-41(39)55-43/h3-29H,1-2H3. The van der Waals surface area contributed by atoms with Crippen LogP contribution in [0, 0.1) is 0 Å². The second-order valence-electron chi connectivity index (χ2n) is 16.0. The number of hydrogen-bond donors (Lipinski definition) is 0. The molecular formula is C51H33BN2O2S. The van der Waals surface area contributed by atoms with Gasteiger partial charge in [-0.05, 0) is 111 Å². The van der Waals surface area contributed by atoms with Crippen LogP contribution in [0.15, 0.2) is 174 Å². The summed E-state index contributed by atoms with van der Waals surface area (Å²) >= 11 is 1.78. The van der Waals surface area contributed by atoms with E-state index in [4.69, 9.17) is 9.47 Å². The van der Waals surface area contributed by atoms with Crippen LogP contribution in [0.1, 0.15) is 25.0 Å². The Morgan fingerprint density at radius 2 is 1.23 bits per heavy atom. The Morgan fingerprint density at radius 1 is 0.509 bits per heavy atom. The van der Waals surface area contributed by atoms with Gasteiger partial charge in [0.25, 0.3) is 0 Å². The molecule has 1 aliphatic carbocycles. The van der Waals surface area contributed by atoms with Crippen molar-refractivity contribution in [2.75, 3.05) is 9.71 Å². The summed E-state index contributed by atoms with van der Waals surface area (Å²) in [6, 6.07) is 59.5. The maximum atomic E-state index is 6.82. The van der Waals surface area contributed by atoms with Crippen molar-refractivity contribution < 1.29 is 9.47 Å². The van der Waals surface area contributed by atoms with Gasteiger partial charge in [-0.3, -0.25) is 0 Å². The van der Waals surface area contributed by atoms with Crippen LogP contribution in [0.2, 0.25) is 0 Å². The minimum atomic E-state index is -0.262. The molecule has 0 unspecified atom stereocenters. The van der Waals surface area contributed by atoms with Gasteiger partial charge in [-0.2, -0.15) is 0 Å². The van der Waals surface area contributed by atoms with Gasteiger partial charge >= 0.3 is 6.85 Å². The first-order valence-corrected chi connectivity index (χ1v) is 20.4. The lowest BCUT2D eigenvalue weighted by Crippen LogP contribution is -2.62. The van der Waals surface area contributed by atoms with Gasteiger partial charge < -0.3 is 19.2 Å². The number of benzene rings is 8. The van der Waals surface area contributed by atoms with Crippen molar-refractivity contribution in [1.82, 2.24) is 0 Å². The molecule has 0 saturated heterocycles. The molecule has 4 aliphatic heterocycles. The minimum absolute atomic E-state index is 0.144. The second kappa shape index (κ2) is 11.2. The van der Waals surface area contributed by atoms with Crippen molar-refractivity contribution >= 4 is 58.0 Å². The average Bonchev–Trinajstić information content (AvgIpc) is 3.49. The first-order valence-electron chi connectivity index (χ1n) is 19.6. The molecule has 0 amide bonds. The van der Waals surface area contributed by atoms with Crippen LogP contribution in [0.3, 0.4) is 0 Å². The molecule has 0 aromatic heterocycles. The van der Waals surface area contributed by atoms with E-state index < -0.39 is 0 Å². The molecule has 13 rings (SSSR count). The van der Waals surface area contributed by atoms with Gasteiger partial charge in [-0.25, -0.2) is 0 Å². The molecule has 57 heavy (non-hydrogen) atoms. The molecule has 0 saturated carbocycles. The van der Waals surface area contributed by atoms with E-state index in [9.17, 15) is 0 Å². The Kier molecular flexibility index (Phi) is 6.23. The molecule has 268 valence electrons. The first kappa shape index (κ1) is 31.6. The van der Waals surface area contributed by atoms with Crippen LogP contribution in [0.5, 0.6) is 23.0 Å². The van der Waals surface area contributed by atoms with Gasteiger partial charge in [0.15, 0.2) is 11.5 Å². The van der Waals surface area contributed by atoms with Gasteiger partial charge in [-0.1, -0.05) is 129 Å². The molecule has 4 nitrogen and oxygen atoms in total. The molecule has 0 radical (unpaired) electrons. The third-order valence-corrected chi connectivity index (χ3v) is 13.7. The Bertz CT molecular complexity index is 3050. The SMILES string of the molecule is CC1(C)c2ccccc2-c2cc3c4c(c21)N1c2ccccc2Oc2cccc(c21)B4N(c1ccc(-c2ccccc2)cc1)c1cc2c(cc1-3)Oc1ccccc1S2. The van der Waals surface area contributed by atoms with Crippen molar-refractivity contribution in [3.8, 4) is 56.4 Å². The fraction of sp³-hybridized carbons (Fsp3) is 0.0588. The topological polar surface area (TPSA) is 24.9 Å². The number of rotatable bonds is 2. The quantitative estimate of drug-likeness (QED) is 0.164. The van der Waals surface area contributed by atoms with Gasteiger partial charge in [0, 0.05) is 28.0 Å². The summed E-state index contributed by atoms with van der Waals surface area (Å²) in [4.78, 5) is 7.36. The minimum Gasteiger partial charge on any atom is -0.455 e. The van der Waals surface area contributed by atoms with Gasteiger partial charge in [0.05, 0.1) is 21.2 Å². The van der Waals surface area contributed by atoms with Crippen LogP contribution in [-0.4, -0.2) is 6.85 Å². The Hall–Kier alpha value is -6.63. The fourth-order valence-corrected chi connectivity index (χ4v) is 11.2. The number of nitrogens with zero attached hydrogens (tertiary/aromatic N) is 2. The number of anilines is 5. The van der Waals surface area contributed by atoms with Crippen molar-refractivity contribution in [2.24, 2.45) is 0 Å². The molecule has 0 N–H and O–H groups in total. The van der Waals surface area contributed by atoms with Gasteiger partial charge in [0.2, 0.25) is 0 Å². The molecule has 0 fully saturated rings. The molecule has 8 aromatic rings. The predicted molar refractivity (Wildman–Crippen MR) is 234 cm³/mol. The third kappa shape index (κ3) is 4.20. The molecule has 6 heteroatoms. The van der Waals surface area contributed by atoms with E-state index in [1.54, 1.807) is 11.8 Å². The van der Waals surface area contributed by atoms with Crippen LogP contribution in [-0.2, 0) is 5.41 Å². The fourth-order valence-electron chi connectivity index (χ4n) is 10.2. The summed E-state index contributed by atoms with van der Waals surface area (Å²) in [5.74, 6) is 3.53. The molecular weight excluding hydrogens is 715 g/mol. The van der Waals surface area contributed by atoms with E-state index >= 15 is 0 Å². The number of fused-ring (bicyclic) bond motifs is 12. The summed E-state index contributed by atoms with van der Waals surface area (Å²) in [7, 11) is 0. The lowest BCUT2D eigenvalue weighted by molar-refractivity contribution is 0.455. The van der Waals surface area contributed by atoms with E-state index in [2.05, 4.69) is 187 Å². The molecule has 0 atom stereocenters. The zero-order chi connectivity index (χ0) is 37.6. The van der Waals surface area contributed by atoms with E-state index in [1.807, 2.05) is 0 Å². The maximum Gasteiger partial charge on any atom is 0.333 e. The second-order valence-corrected chi connectivity index (χ2v) is 17.1. The number of para-hydroxylation sites is 4. The van der Waals surface area contributed by atoms with E-state index in [0.29, 0.717) is 0 Å². The molecule has 8 aromatic carbocycles. The van der Waals surface area contributed by atoms with Crippen molar-refractivity contribution in [1.29, 1.82) is 0 Å². The highest BCUT2D eigenvalue weighted by atomic mass is 32.2. The van der Waals surface area contributed by atoms with Crippen LogP contribution < -0.4 is 30.1 Å². The van der Waals surface area contributed by atoms with Gasteiger partial charge in [-0.15, -0.1) is 0 Å². The predicted octanol–water partition coefficient (Wildman–Crippen LogP) is 12.7. The summed E-state index contributed by atoms with van der Waals surface area (Å²) in [5, 5.41) is 0. The summed E-state index contributed by atoms with van der Waals surface area (Å²) in [6.07, 6.45) is 0. The highest BCUT2D eigenvalue weighted by Crippen LogP contribution is 2.61. The highest BCUT2D eigenvalue weighted by molar-refractivity contribution is 7.99. The lowest BCUT2D eigenvalue weighted by atomic mass is 9.42. The van der Waals surface area contributed by atoms with Crippen LogP contribution in [0.4, 0.5) is 28.4 Å². The zero-order valence-corrected chi connectivity index (χ0v) is 32.1. The van der Waals surface area contributed by atoms with Crippen molar-refractivity contribution in [3.05, 3.63) is 175 Å². The maximum absolute atomic E-state index is 6.82. The normalized spacial score (nSPS) is 15.1. The Morgan fingerprint density at radius 3 is 2.11 bits per heavy atom. The number of hydrogen-bond acceptors (Lipinski definition) is 5. The lowest BCUT2D eigenvalue weighted by Gasteiger charge is -2.49. The largest absolute Gasteiger partial charge is 0.455 e. The summed E-state index contributed by atoms with van der Waals surface area (Å²) in [6.45, 7) is 4.66. The monoisotopic (exact) mass is 748 g/mol. The third-order valence-electron chi connectivity index (χ3n) is 12.6. The molecule has 0 bridgehead atoms. The first-order chi connectivity index (χ1) is 28.0.